The maximum Gasteiger partial charge on any atom is 0.0117 e. The second-order valence-corrected chi connectivity index (χ2v) is 2.91. The van der Waals surface area contributed by atoms with Crippen molar-refractivity contribution in [3.8, 4) is 0 Å². The van der Waals surface area contributed by atoms with E-state index in [-0.39, 0.29) is 0 Å². The summed E-state index contributed by atoms with van der Waals surface area (Å²) >= 11 is 0. The van der Waals surface area contributed by atoms with Crippen molar-refractivity contribution in [2.75, 3.05) is 0 Å². The van der Waals surface area contributed by atoms with Gasteiger partial charge in [-0.2, -0.15) is 0 Å². The summed E-state index contributed by atoms with van der Waals surface area (Å²) < 4.78 is 0. The van der Waals surface area contributed by atoms with Crippen LogP contribution >= 0.6 is 0 Å². The van der Waals surface area contributed by atoms with Gasteiger partial charge in [0.25, 0.3) is 0 Å². The quantitative estimate of drug-likeness (QED) is 0.564. The van der Waals surface area contributed by atoms with Crippen molar-refractivity contribution < 1.29 is 0 Å². The molecule has 54 valence electrons. The Bertz CT molecular complexity index is 94.7. The fourth-order valence-corrected chi connectivity index (χ4v) is 0.724. The van der Waals surface area contributed by atoms with Crippen molar-refractivity contribution in [3.05, 3.63) is 0 Å². The Morgan fingerprint density at radius 2 is 1.78 bits per heavy atom. The average Bonchev–Trinajstić information content (AvgIpc) is 1.84. The minimum atomic E-state index is 0.468. The molecule has 1 nitrogen and oxygen atoms in total. The van der Waals surface area contributed by atoms with Gasteiger partial charge < -0.3 is 5.41 Å². The Balaban J connectivity index is 3.72. The molecule has 0 aromatic rings. The predicted molar refractivity (Wildman–Crippen MR) is 42.0 cm³/mol. The molecule has 1 unspecified atom stereocenters. The molecule has 1 heteroatoms. The first-order chi connectivity index (χ1) is 4.09. The van der Waals surface area contributed by atoms with Gasteiger partial charge >= 0.3 is 0 Å². The Hall–Kier alpha value is -0.330. The van der Waals surface area contributed by atoms with E-state index in [1.165, 1.54) is 0 Å². The lowest BCUT2D eigenvalue weighted by Crippen LogP contribution is -2.14. The molecule has 1 atom stereocenters. The highest BCUT2D eigenvalue weighted by atomic mass is 14.4. The number of nitrogens with one attached hydrogen (secondary N) is 1. The molecule has 0 aliphatic heterocycles. The molecule has 0 heterocycles. The van der Waals surface area contributed by atoms with Crippen molar-refractivity contribution in [1.29, 1.82) is 5.41 Å². The van der Waals surface area contributed by atoms with Gasteiger partial charge in [-0.05, 0) is 18.3 Å². The molecule has 0 fully saturated rings. The minimum Gasteiger partial charge on any atom is -0.309 e. The van der Waals surface area contributed by atoms with E-state index < -0.39 is 0 Å². The van der Waals surface area contributed by atoms with Crippen LogP contribution in [0.3, 0.4) is 0 Å². The highest BCUT2D eigenvalue weighted by Gasteiger charge is 2.09. The van der Waals surface area contributed by atoms with Crippen LogP contribution in [0.5, 0.6) is 0 Å². The maximum atomic E-state index is 7.47. The molecule has 0 saturated heterocycles. The minimum absolute atomic E-state index is 0.468. The zero-order valence-corrected chi connectivity index (χ0v) is 6.86. The van der Waals surface area contributed by atoms with E-state index in [9.17, 15) is 0 Å². The van der Waals surface area contributed by atoms with Gasteiger partial charge in [-0.1, -0.05) is 27.7 Å². The summed E-state index contributed by atoms with van der Waals surface area (Å²) in [6, 6.07) is 0. The third-order valence-corrected chi connectivity index (χ3v) is 1.93. The molecule has 0 rings (SSSR count). The molecular weight excluding hydrogens is 110 g/mol. The van der Waals surface area contributed by atoms with E-state index in [1.807, 2.05) is 6.92 Å². The van der Waals surface area contributed by atoms with Crippen LogP contribution < -0.4 is 0 Å². The van der Waals surface area contributed by atoms with Crippen LogP contribution in [0, 0.1) is 17.2 Å². The van der Waals surface area contributed by atoms with Gasteiger partial charge in [-0.3, -0.25) is 0 Å². The normalized spacial score (nSPS) is 13.9. The van der Waals surface area contributed by atoms with Gasteiger partial charge in [0.2, 0.25) is 0 Å². The van der Waals surface area contributed by atoms with E-state index in [4.69, 9.17) is 5.41 Å². The summed E-state index contributed by atoms with van der Waals surface area (Å²) in [6.07, 6.45) is 0.902. The first-order valence-electron chi connectivity index (χ1n) is 3.66. The Morgan fingerprint density at radius 1 is 1.33 bits per heavy atom. The monoisotopic (exact) mass is 127 g/mol. The maximum absolute atomic E-state index is 7.47. The second kappa shape index (κ2) is 3.65. The van der Waals surface area contributed by atoms with Gasteiger partial charge in [-0.15, -0.1) is 0 Å². The SMILES string of the molecule is CCC(=N)C(C)C(C)C. The molecule has 0 radical (unpaired) electrons. The Morgan fingerprint density at radius 3 is 1.89 bits per heavy atom. The average molecular weight is 127 g/mol. The van der Waals surface area contributed by atoms with Gasteiger partial charge in [0, 0.05) is 5.71 Å². The standard InChI is InChI=1S/C8H17N/c1-5-8(9)7(4)6(2)3/h6-7,9H,5H2,1-4H3. The molecule has 0 aromatic carbocycles. The molecule has 0 aliphatic carbocycles. The topological polar surface area (TPSA) is 23.9 Å². The molecule has 0 spiro atoms. The van der Waals surface area contributed by atoms with E-state index in [0.717, 1.165) is 12.1 Å². The van der Waals surface area contributed by atoms with Crippen LogP contribution in [0.2, 0.25) is 0 Å². The van der Waals surface area contributed by atoms with Crippen LogP contribution in [0.15, 0.2) is 0 Å². The summed E-state index contributed by atoms with van der Waals surface area (Å²) in [5.74, 6) is 1.09. The molecule has 1 N–H and O–H groups in total. The highest BCUT2D eigenvalue weighted by molar-refractivity contribution is 5.83. The van der Waals surface area contributed by atoms with Crippen LogP contribution in [-0.2, 0) is 0 Å². The summed E-state index contributed by atoms with van der Waals surface area (Å²) in [6.45, 7) is 8.49. The fourth-order valence-electron chi connectivity index (χ4n) is 0.724. The molecule has 0 saturated carbocycles. The highest BCUT2D eigenvalue weighted by Crippen LogP contribution is 2.11. The van der Waals surface area contributed by atoms with Crippen LogP contribution in [0.4, 0.5) is 0 Å². The number of hydrogen-bond donors (Lipinski definition) is 1. The van der Waals surface area contributed by atoms with Crippen molar-refractivity contribution in [2.24, 2.45) is 11.8 Å². The van der Waals surface area contributed by atoms with Gasteiger partial charge in [-0.25, -0.2) is 0 Å². The largest absolute Gasteiger partial charge is 0.309 e. The first-order valence-corrected chi connectivity index (χ1v) is 3.66. The van der Waals surface area contributed by atoms with Gasteiger partial charge in [0.15, 0.2) is 0 Å². The number of hydrogen-bond acceptors (Lipinski definition) is 1. The van der Waals surface area contributed by atoms with Crippen molar-refractivity contribution >= 4 is 5.71 Å². The molecule has 0 aliphatic rings. The fraction of sp³-hybridized carbons (Fsp3) is 0.875. The zero-order valence-electron chi connectivity index (χ0n) is 6.86. The predicted octanol–water partition coefficient (Wildman–Crippen LogP) is 2.71. The van der Waals surface area contributed by atoms with Gasteiger partial charge in [0.05, 0.1) is 0 Å². The molecule has 0 bridgehead atoms. The second-order valence-electron chi connectivity index (χ2n) is 2.91. The van der Waals surface area contributed by atoms with Crippen molar-refractivity contribution in [1.82, 2.24) is 0 Å². The third-order valence-electron chi connectivity index (χ3n) is 1.93. The van der Waals surface area contributed by atoms with E-state index in [0.29, 0.717) is 11.8 Å². The molecule has 0 aromatic heterocycles. The van der Waals surface area contributed by atoms with Crippen LogP contribution in [0.25, 0.3) is 0 Å². The van der Waals surface area contributed by atoms with Crippen molar-refractivity contribution in [2.45, 2.75) is 34.1 Å². The lowest BCUT2D eigenvalue weighted by Gasteiger charge is -2.14. The smallest absolute Gasteiger partial charge is 0.0117 e. The van der Waals surface area contributed by atoms with E-state index in [1.54, 1.807) is 0 Å². The first kappa shape index (κ1) is 8.67. The summed E-state index contributed by atoms with van der Waals surface area (Å²) in [5.41, 5.74) is 0.880. The van der Waals surface area contributed by atoms with Gasteiger partial charge in [0.1, 0.15) is 0 Å². The van der Waals surface area contributed by atoms with Crippen LogP contribution in [0.1, 0.15) is 34.1 Å². The van der Waals surface area contributed by atoms with Crippen molar-refractivity contribution in [3.63, 3.8) is 0 Å². The van der Waals surface area contributed by atoms with Crippen LogP contribution in [-0.4, -0.2) is 5.71 Å². The molecular formula is C8H17N. The summed E-state index contributed by atoms with van der Waals surface area (Å²) in [4.78, 5) is 0. The Kier molecular flexibility index (Phi) is 3.52. The van der Waals surface area contributed by atoms with E-state index in [2.05, 4.69) is 20.8 Å². The molecule has 9 heavy (non-hydrogen) atoms. The summed E-state index contributed by atoms with van der Waals surface area (Å²) in [5, 5.41) is 7.47. The third kappa shape index (κ3) is 2.64. The number of rotatable bonds is 3. The Labute approximate surface area is 58.0 Å². The lowest BCUT2D eigenvalue weighted by molar-refractivity contribution is 0.524. The lowest BCUT2D eigenvalue weighted by atomic mass is 9.92. The van der Waals surface area contributed by atoms with E-state index >= 15 is 0 Å². The summed E-state index contributed by atoms with van der Waals surface area (Å²) in [7, 11) is 0. The molecule has 0 amide bonds. The zero-order chi connectivity index (χ0) is 7.44.